The van der Waals surface area contributed by atoms with Crippen molar-refractivity contribution < 1.29 is 4.79 Å². The maximum absolute atomic E-state index is 13.1. The number of carbonyl (C=O) groups is 1. The number of amides is 1. The first-order valence-electron chi connectivity index (χ1n) is 9.29. The fourth-order valence-electron chi connectivity index (χ4n) is 3.67. The van der Waals surface area contributed by atoms with Crippen molar-refractivity contribution in [1.29, 1.82) is 0 Å². The van der Waals surface area contributed by atoms with E-state index in [0.29, 0.717) is 18.7 Å². The minimum Gasteiger partial charge on any atom is -0.352 e. The normalized spacial score (nSPS) is 14.6. The van der Waals surface area contributed by atoms with Crippen LogP contribution in [0, 0.1) is 0 Å². The zero-order valence-electron chi connectivity index (χ0n) is 15.2. The van der Waals surface area contributed by atoms with Crippen LogP contribution >= 0.6 is 11.5 Å². The largest absolute Gasteiger partial charge is 0.352 e. The molecule has 1 N–H and O–H groups in total. The van der Waals surface area contributed by atoms with E-state index in [0.717, 1.165) is 30.2 Å². The van der Waals surface area contributed by atoms with Crippen molar-refractivity contribution in [3.8, 4) is 11.3 Å². The monoisotopic (exact) mass is 389 g/mol. The smallest absolute Gasteiger partial charge is 0.257 e. The van der Waals surface area contributed by atoms with Crippen molar-refractivity contribution in [2.24, 2.45) is 0 Å². The predicted molar refractivity (Wildman–Crippen MR) is 112 cm³/mol. The van der Waals surface area contributed by atoms with E-state index in [1.54, 1.807) is 6.20 Å². The second kappa shape index (κ2) is 7.09. The summed E-state index contributed by atoms with van der Waals surface area (Å²) in [6.45, 7) is 2.89. The van der Waals surface area contributed by atoms with Gasteiger partial charge in [-0.2, -0.15) is 9.47 Å². The molecule has 1 amide bonds. The van der Waals surface area contributed by atoms with Crippen LogP contribution in [0.25, 0.3) is 21.3 Å². The van der Waals surface area contributed by atoms with Crippen LogP contribution in [0.15, 0.2) is 60.8 Å². The molecular formula is C21H19N5OS. The Morgan fingerprint density at radius 1 is 0.964 bits per heavy atom. The highest BCUT2D eigenvalue weighted by Crippen LogP contribution is 2.30. The van der Waals surface area contributed by atoms with Crippen LogP contribution in [0.1, 0.15) is 10.4 Å². The fraction of sp³-hybridized carbons (Fsp3) is 0.190. The van der Waals surface area contributed by atoms with E-state index in [1.807, 2.05) is 47.4 Å². The highest BCUT2D eigenvalue weighted by Gasteiger charge is 2.26. The Balaban J connectivity index is 1.33. The van der Waals surface area contributed by atoms with Gasteiger partial charge in [0.2, 0.25) is 0 Å². The average Bonchev–Trinajstić information content (AvgIpc) is 3.41. The third-order valence-electron chi connectivity index (χ3n) is 5.16. The quantitative estimate of drug-likeness (QED) is 0.581. The number of fused-ring (bicyclic) bond motifs is 1. The van der Waals surface area contributed by atoms with Gasteiger partial charge in [0.25, 0.3) is 5.91 Å². The van der Waals surface area contributed by atoms with Crippen molar-refractivity contribution in [1.82, 2.24) is 19.5 Å². The summed E-state index contributed by atoms with van der Waals surface area (Å²) >= 11 is 1.53. The van der Waals surface area contributed by atoms with Gasteiger partial charge in [-0.1, -0.05) is 42.5 Å². The number of hydrogen-bond donors (Lipinski definition) is 1. The number of rotatable bonds is 3. The van der Waals surface area contributed by atoms with Gasteiger partial charge < -0.3 is 9.80 Å². The first-order chi connectivity index (χ1) is 13.8. The molecule has 7 heteroatoms. The van der Waals surface area contributed by atoms with Crippen molar-refractivity contribution in [3.05, 3.63) is 66.4 Å². The molecule has 1 saturated heterocycles. The van der Waals surface area contributed by atoms with E-state index in [-0.39, 0.29) is 5.91 Å². The van der Waals surface area contributed by atoms with E-state index in [1.165, 1.54) is 21.6 Å². The summed E-state index contributed by atoms with van der Waals surface area (Å²) in [6.07, 6.45) is 1.63. The topological polar surface area (TPSA) is 65.1 Å². The summed E-state index contributed by atoms with van der Waals surface area (Å²) in [5.41, 5.74) is 2.37. The van der Waals surface area contributed by atoms with Gasteiger partial charge in [-0.15, -0.1) is 0 Å². The van der Waals surface area contributed by atoms with Gasteiger partial charge in [0.05, 0.1) is 22.2 Å². The van der Waals surface area contributed by atoms with Crippen molar-refractivity contribution in [3.63, 3.8) is 0 Å². The van der Waals surface area contributed by atoms with Gasteiger partial charge >= 0.3 is 0 Å². The molecule has 0 atom stereocenters. The maximum Gasteiger partial charge on any atom is 0.257 e. The molecule has 2 aromatic carbocycles. The molecule has 5 rings (SSSR count). The molecule has 0 saturated carbocycles. The highest BCUT2D eigenvalue weighted by molar-refractivity contribution is 7.13. The summed E-state index contributed by atoms with van der Waals surface area (Å²) in [4.78, 5) is 17.3. The van der Waals surface area contributed by atoms with E-state index in [4.69, 9.17) is 0 Å². The number of nitrogens with one attached hydrogen (secondary N) is 1. The van der Waals surface area contributed by atoms with Crippen LogP contribution in [-0.2, 0) is 0 Å². The Bertz CT molecular complexity index is 1110. The first-order valence-corrected chi connectivity index (χ1v) is 10.1. The second-order valence-corrected chi connectivity index (χ2v) is 7.61. The summed E-state index contributed by atoms with van der Waals surface area (Å²) in [5, 5.41) is 8.28. The van der Waals surface area contributed by atoms with Crippen LogP contribution in [0.2, 0.25) is 0 Å². The number of hydrogen-bond acceptors (Lipinski definition) is 5. The molecule has 0 radical (unpaired) electrons. The number of aromatic nitrogens is 3. The zero-order chi connectivity index (χ0) is 18.9. The molecule has 1 aliphatic rings. The zero-order valence-corrected chi connectivity index (χ0v) is 16.0. The minimum atomic E-state index is 0.0235. The minimum absolute atomic E-state index is 0.0235. The van der Waals surface area contributed by atoms with Gasteiger partial charge in [-0.05, 0) is 23.7 Å². The van der Waals surface area contributed by atoms with Crippen molar-refractivity contribution in [2.45, 2.75) is 0 Å². The van der Waals surface area contributed by atoms with Crippen LogP contribution < -0.4 is 4.90 Å². The molecule has 1 aliphatic heterocycles. The molecule has 4 aromatic rings. The van der Waals surface area contributed by atoms with E-state index in [2.05, 4.69) is 31.6 Å². The summed E-state index contributed by atoms with van der Waals surface area (Å²) in [5.74, 6) is 1.05. The first kappa shape index (κ1) is 16.9. The SMILES string of the molecule is O=C(c1cn[nH]c1-c1ccccc1)N1CCN(c2nsc3ccccc23)CC1. The van der Waals surface area contributed by atoms with Gasteiger partial charge in [-0.25, -0.2) is 0 Å². The van der Waals surface area contributed by atoms with Crippen LogP contribution in [-0.4, -0.2) is 51.6 Å². The van der Waals surface area contributed by atoms with Crippen LogP contribution in [0.5, 0.6) is 0 Å². The van der Waals surface area contributed by atoms with Crippen molar-refractivity contribution >= 4 is 33.3 Å². The Kier molecular flexibility index (Phi) is 4.29. The summed E-state index contributed by atoms with van der Waals surface area (Å²) in [6, 6.07) is 18.1. The number of carbonyl (C=O) groups excluding carboxylic acids is 1. The van der Waals surface area contributed by atoms with Crippen LogP contribution in [0.4, 0.5) is 5.82 Å². The lowest BCUT2D eigenvalue weighted by atomic mass is 10.1. The molecule has 0 unspecified atom stereocenters. The molecule has 28 heavy (non-hydrogen) atoms. The molecule has 0 aliphatic carbocycles. The lowest BCUT2D eigenvalue weighted by molar-refractivity contribution is 0.0747. The Labute approximate surface area is 166 Å². The lowest BCUT2D eigenvalue weighted by Gasteiger charge is -2.35. The number of anilines is 1. The van der Waals surface area contributed by atoms with Gasteiger partial charge in [0.15, 0.2) is 0 Å². The summed E-state index contributed by atoms with van der Waals surface area (Å²) < 4.78 is 5.84. The van der Waals surface area contributed by atoms with Gasteiger partial charge in [-0.3, -0.25) is 9.89 Å². The standard InChI is InChI=1S/C21H19N5OS/c27-21(17-14-22-23-19(17)15-6-2-1-3-7-15)26-12-10-25(11-13-26)20-16-8-4-5-9-18(16)28-24-20/h1-9,14H,10-13H2,(H,22,23). The number of aromatic amines is 1. The highest BCUT2D eigenvalue weighted by atomic mass is 32.1. The molecule has 1 fully saturated rings. The maximum atomic E-state index is 13.1. The van der Waals surface area contributed by atoms with Crippen LogP contribution in [0.3, 0.4) is 0 Å². The Hall–Kier alpha value is -3.19. The fourth-order valence-corrected chi connectivity index (χ4v) is 4.46. The molecular weight excluding hydrogens is 370 g/mol. The molecule has 0 spiro atoms. The van der Waals surface area contributed by atoms with E-state index < -0.39 is 0 Å². The lowest BCUT2D eigenvalue weighted by Crippen LogP contribution is -2.49. The third-order valence-corrected chi connectivity index (χ3v) is 5.97. The second-order valence-electron chi connectivity index (χ2n) is 6.81. The van der Waals surface area contributed by atoms with Gasteiger partial charge in [0.1, 0.15) is 5.82 Å². The third kappa shape index (κ3) is 2.93. The van der Waals surface area contributed by atoms with E-state index >= 15 is 0 Å². The predicted octanol–water partition coefficient (Wildman–Crippen LogP) is 3.65. The molecule has 6 nitrogen and oxygen atoms in total. The molecule has 0 bridgehead atoms. The molecule has 2 aromatic heterocycles. The molecule has 140 valence electrons. The van der Waals surface area contributed by atoms with E-state index in [9.17, 15) is 4.79 Å². The number of nitrogens with zero attached hydrogens (tertiary/aromatic N) is 4. The number of benzene rings is 2. The summed E-state index contributed by atoms with van der Waals surface area (Å²) in [7, 11) is 0. The Morgan fingerprint density at radius 2 is 1.71 bits per heavy atom. The Morgan fingerprint density at radius 3 is 2.54 bits per heavy atom. The van der Waals surface area contributed by atoms with Gasteiger partial charge in [0, 0.05) is 37.1 Å². The number of piperazine rings is 1. The molecule has 3 heterocycles. The van der Waals surface area contributed by atoms with Crippen molar-refractivity contribution in [2.75, 3.05) is 31.1 Å². The average molecular weight is 389 g/mol. The number of H-pyrrole nitrogens is 1.